The van der Waals surface area contributed by atoms with Gasteiger partial charge in [-0.15, -0.1) is 11.3 Å². The molecule has 1 aromatic carbocycles. The first-order valence-corrected chi connectivity index (χ1v) is 10.5. The number of aryl methyl sites for hydroxylation is 1. The number of thiophene rings is 1. The van der Waals surface area contributed by atoms with Gasteiger partial charge >= 0.3 is 0 Å². The van der Waals surface area contributed by atoms with Gasteiger partial charge in [0.1, 0.15) is 20.5 Å². The van der Waals surface area contributed by atoms with Gasteiger partial charge in [-0.05, 0) is 30.5 Å². The Morgan fingerprint density at radius 2 is 2.04 bits per heavy atom. The average Bonchev–Trinajstić information content (AvgIpc) is 3.38. The van der Waals surface area contributed by atoms with E-state index in [0.29, 0.717) is 22.9 Å². The number of hydrogen-bond donors (Lipinski definition) is 2. The second kappa shape index (κ2) is 7.00. The molecule has 1 aliphatic heterocycles. The Bertz CT molecular complexity index is 1170. The van der Waals surface area contributed by atoms with E-state index in [1.807, 2.05) is 0 Å². The van der Waals surface area contributed by atoms with Gasteiger partial charge in [-0.2, -0.15) is 0 Å². The molecule has 3 aromatic rings. The van der Waals surface area contributed by atoms with Crippen molar-refractivity contribution in [1.82, 2.24) is 5.16 Å². The molecule has 0 spiro atoms. The molecule has 1 amide bonds. The van der Waals surface area contributed by atoms with Crippen molar-refractivity contribution in [3.63, 3.8) is 0 Å². The molecule has 9 nitrogen and oxygen atoms in total. The normalized spacial score (nSPS) is 12.8. The number of hydrogen-bond acceptors (Lipinski definition) is 8. The minimum atomic E-state index is -4.12. The van der Waals surface area contributed by atoms with E-state index in [4.69, 9.17) is 25.6 Å². The van der Waals surface area contributed by atoms with Gasteiger partial charge < -0.3 is 19.3 Å². The number of benzene rings is 1. The highest BCUT2D eigenvalue weighted by molar-refractivity contribution is 7.93. The molecule has 146 valence electrons. The third kappa shape index (κ3) is 3.39. The number of carbonyl (C=O) groups excluding carboxylic acids is 1. The van der Waals surface area contributed by atoms with Crippen molar-refractivity contribution < 1.29 is 27.2 Å². The summed E-state index contributed by atoms with van der Waals surface area (Å²) in [6.45, 7) is 1.67. The molecule has 0 saturated heterocycles. The lowest BCUT2D eigenvalue weighted by Crippen LogP contribution is -2.18. The predicted octanol–water partition coefficient (Wildman–Crippen LogP) is 3.48. The SMILES string of the molecule is Cc1noc(NS(=O)(=O)c2ccsc2C(=O)Nc2ccc3c(c2)OCO3)c1Cl. The number of sulfonamides is 1. The average molecular weight is 442 g/mol. The van der Waals surface area contributed by atoms with Gasteiger partial charge in [0, 0.05) is 11.8 Å². The van der Waals surface area contributed by atoms with E-state index in [1.165, 1.54) is 11.4 Å². The highest BCUT2D eigenvalue weighted by atomic mass is 35.5. The van der Waals surface area contributed by atoms with Crippen LogP contribution in [0, 0.1) is 6.92 Å². The second-order valence-corrected chi connectivity index (χ2v) is 8.60. The molecule has 2 aromatic heterocycles. The Morgan fingerprint density at radius 3 is 2.79 bits per heavy atom. The van der Waals surface area contributed by atoms with Crippen LogP contribution in [-0.2, 0) is 10.0 Å². The second-order valence-electron chi connectivity index (χ2n) is 5.65. The minimum Gasteiger partial charge on any atom is -0.454 e. The maximum absolute atomic E-state index is 12.7. The van der Waals surface area contributed by atoms with E-state index < -0.39 is 15.9 Å². The predicted molar refractivity (Wildman–Crippen MR) is 102 cm³/mol. The van der Waals surface area contributed by atoms with Crippen molar-refractivity contribution in [1.29, 1.82) is 0 Å². The minimum absolute atomic E-state index is 0.00229. The molecule has 0 bridgehead atoms. The van der Waals surface area contributed by atoms with E-state index in [2.05, 4.69) is 15.2 Å². The highest BCUT2D eigenvalue weighted by Gasteiger charge is 2.27. The lowest BCUT2D eigenvalue weighted by Gasteiger charge is -2.08. The molecule has 28 heavy (non-hydrogen) atoms. The standard InChI is InChI=1S/C16H12ClN3O6S2/c1-8-13(17)16(26-19-8)20-28(22,23)12-4-5-27-14(12)15(21)18-9-2-3-10-11(6-9)25-7-24-10/h2-6,20H,7H2,1H3,(H,18,21). The van der Waals surface area contributed by atoms with Gasteiger partial charge in [0.2, 0.25) is 6.79 Å². The van der Waals surface area contributed by atoms with Crippen LogP contribution in [0.15, 0.2) is 39.1 Å². The molecule has 4 rings (SSSR count). The summed E-state index contributed by atoms with van der Waals surface area (Å²) < 4.78 is 42.9. The summed E-state index contributed by atoms with van der Waals surface area (Å²) >= 11 is 6.93. The molecular formula is C16H12ClN3O6S2. The van der Waals surface area contributed by atoms with E-state index >= 15 is 0 Å². The molecule has 0 unspecified atom stereocenters. The lowest BCUT2D eigenvalue weighted by atomic mass is 10.2. The number of aromatic nitrogens is 1. The van der Waals surface area contributed by atoms with Crippen LogP contribution in [0.4, 0.5) is 11.6 Å². The Kier molecular flexibility index (Phi) is 4.65. The molecule has 1 aliphatic rings. The summed E-state index contributed by atoms with van der Waals surface area (Å²) in [6.07, 6.45) is 0. The van der Waals surface area contributed by atoms with Gasteiger partial charge in [0.25, 0.3) is 21.8 Å². The number of halogens is 1. The molecule has 3 heterocycles. The maximum Gasteiger partial charge on any atom is 0.267 e. The van der Waals surface area contributed by atoms with Gasteiger partial charge in [-0.3, -0.25) is 4.79 Å². The van der Waals surface area contributed by atoms with Gasteiger partial charge in [-0.25, -0.2) is 13.1 Å². The Morgan fingerprint density at radius 1 is 1.25 bits per heavy atom. The zero-order valence-corrected chi connectivity index (χ0v) is 16.6. The zero-order valence-electron chi connectivity index (χ0n) is 14.2. The maximum atomic E-state index is 12.7. The fraction of sp³-hybridized carbons (Fsp3) is 0.125. The van der Waals surface area contributed by atoms with Crippen LogP contribution in [0.2, 0.25) is 5.02 Å². The monoisotopic (exact) mass is 441 g/mol. The number of nitrogens with one attached hydrogen (secondary N) is 2. The molecule has 0 radical (unpaired) electrons. The van der Waals surface area contributed by atoms with E-state index in [1.54, 1.807) is 25.1 Å². The van der Waals surface area contributed by atoms with Crippen LogP contribution in [0.25, 0.3) is 0 Å². The van der Waals surface area contributed by atoms with Gasteiger partial charge in [0.05, 0.1) is 0 Å². The van der Waals surface area contributed by atoms with Crippen molar-refractivity contribution in [3.8, 4) is 11.5 Å². The first-order chi connectivity index (χ1) is 13.3. The Hall–Kier alpha value is -2.76. The molecule has 2 N–H and O–H groups in total. The summed E-state index contributed by atoms with van der Waals surface area (Å²) in [5.74, 6) is 0.260. The quantitative estimate of drug-likeness (QED) is 0.621. The van der Waals surface area contributed by atoms with E-state index in [-0.39, 0.29) is 27.5 Å². The number of carbonyl (C=O) groups is 1. The number of anilines is 2. The first-order valence-electron chi connectivity index (χ1n) is 7.78. The number of ether oxygens (including phenoxy) is 2. The van der Waals surface area contributed by atoms with Crippen molar-refractivity contribution in [2.75, 3.05) is 16.8 Å². The van der Waals surface area contributed by atoms with Gasteiger partial charge in [0.15, 0.2) is 11.5 Å². The fourth-order valence-electron chi connectivity index (χ4n) is 2.44. The third-order valence-corrected chi connectivity index (χ3v) is 6.63. The topological polar surface area (TPSA) is 120 Å². The third-order valence-electron chi connectivity index (χ3n) is 3.77. The first kappa shape index (κ1) is 18.6. The highest BCUT2D eigenvalue weighted by Crippen LogP contribution is 2.35. The van der Waals surface area contributed by atoms with E-state index in [0.717, 1.165) is 11.3 Å². The van der Waals surface area contributed by atoms with Crippen LogP contribution >= 0.6 is 22.9 Å². The fourth-order valence-corrected chi connectivity index (χ4v) is 4.93. The summed E-state index contributed by atoms with van der Waals surface area (Å²) in [5.41, 5.74) is 0.776. The summed E-state index contributed by atoms with van der Waals surface area (Å²) in [7, 11) is -4.12. The van der Waals surface area contributed by atoms with Crippen LogP contribution in [0.5, 0.6) is 11.5 Å². The Balaban J connectivity index is 1.58. The lowest BCUT2D eigenvalue weighted by molar-refractivity contribution is 0.102. The van der Waals surface area contributed by atoms with Crippen molar-refractivity contribution in [2.24, 2.45) is 0 Å². The smallest absolute Gasteiger partial charge is 0.267 e. The molecule has 12 heteroatoms. The van der Waals surface area contributed by atoms with Gasteiger partial charge in [-0.1, -0.05) is 16.8 Å². The number of fused-ring (bicyclic) bond motifs is 1. The largest absolute Gasteiger partial charge is 0.454 e. The summed E-state index contributed by atoms with van der Waals surface area (Å²) in [6, 6.07) is 6.19. The number of rotatable bonds is 5. The Labute approximate surface area is 168 Å². The van der Waals surface area contributed by atoms with Crippen LogP contribution < -0.4 is 19.5 Å². The summed E-state index contributed by atoms with van der Waals surface area (Å²) in [5, 5.41) is 7.78. The number of nitrogens with zero attached hydrogens (tertiary/aromatic N) is 1. The van der Waals surface area contributed by atoms with Crippen LogP contribution in [0.1, 0.15) is 15.4 Å². The molecule has 0 saturated carbocycles. The van der Waals surface area contributed by atoms with Crippen molar-refractivity contribution in [3.05, 3.63) is 45.2 Å². The zero-order chi connectivity index (χ0) is 19.9. The molecule has 0 aliphatic carbocycles. The number of amides is 1. The van der Waals surface area contributed by atoms with Crippen molar-refractivity contribution >= 4 is 50.4 Å². The molecule has 0 atom stereocenters. The molecular weight excluding hydrogens is 430 g/mol. The van der Waals surface area contributed by atoms with Crippen molar-refractivity contribution in [2.45, 2.75) is 11.8 Å². The van der Waals surface area contributed by atoms with Crippen LogP contribution in [0.3, 0.4) is 0 Å². The summed E-state index contributed by atoms with van der Waals surface area (Å²) in [4.78, 5) is 12.4. The van der Waals surface area contributed by atoms with Crippen LogP contribution in [-0.4, -0.2) is 26.3 Å². The van der Waals surface area contributed by atoms with E-state index in [9.17, 15) is 13.2 Å². The molecule has 0 fully saturated rings.